The van der Waals surface area contributed by atoms with Crippen LogP contribution in [0.15, 0.2) is 61.2 Å². The summed E-state index contributed by atoms with van der Waals surface area (Å²) in [7, 11) is 1.58. The third-order valence-electron chi connectivity index (χ3n) is 5.43. The van der Waals surface area contributed by atoms with Gasteiger partial charge in [-0.1, -0.05) is 41.4 Å². The van der Waals surface area contributed by atoms with Crippen LogP contribution in [0.1, 0.15) is 28.1 Å². The van der Waals surface area contributed by atoms with Crippen molar-refractivity contribution in [3.05, 3.63) is 99.3 Å². The topological polar surface area (TPSA) is 70.9 Å². The molecule has 0 saturated heterocycles. The van der Waals surface area contributed by atoms with Crippen LogP contribution in [0.4, 0.5) is 0 Å². The second-order valence-electron chi connectivity index (χ2n) is 8.02. The number of rotatable bonds is 8. The first-order valence-corrected chi connectivity index (χ1v) is 11.6. The summed E-state index contributed by atoms with van der Waals surface area (Å²) in [6.07, 6.45) is 4.13. The van der Waals surface area contributed by atoms with E-state index in [2.05, 4.69) is 22.6 Å². The number of nitrogens with zero attached hydrogens (tertiary/aromatic N) is 2. The number of methoxy groups -OCH3 is 1. The van der Waals surface area contributed by atoms with Gasteiger partial charge in [-0.3, -0.25) is 0 Å². The SMILES string of the molecule is C=CCc1cc(/C=C(/C#N)c2nc3ccc(C)cc3[nH]2)cc(OC)c1OCc1ccc(Cl)c(Cl)c1. The molecule has 0 saturated carbocycles. The molecule has 0 amide bonds. The molecule has 0 unspecified atom stereocenters. The maximum absolute atomic E-state index is 9.86. The van der Waals surface area contributed by atoms with Gasteiger partial charge >= 0.3 is 0 Å². The molecule has 1 aromatic heterocycles. The number of aromatic nitrogens is 2. The second kappa shape index (κ2) is 10.7. The van der Waals surface area contributed by atoms with E-state index in [1.807, 2.05) is 43.3 Å². The highest BCUT2D eigenvalue weighted by molar-refractivity contribution is 6.42. The monoisotopic (exact) mass is 503 g/mol. The van der Waals surface area contributed by atoms with Crippen molar-refractivity contribution < 1.29 is 9.47 Å². The van der Waals surface area contributed by atoms with Crippen LogP contribution in [0.25, 0.3) is 22.7 Å². The Bertz CT molecular complexity index is 1480. The number of nitriles is 1. The summed E-state index contributed by atoms with van der Waals surface area (Å²) in [6.45, 7) is 6.17. The number of ether oxygens (including phenoxy) is 2. The molecule has 0 radical (unpaired) electrons. The Morgan fingerprint density at radius 1 is 1.14 bits per heavy atom. The second-order valence-corrected chi connectivity index (χ2v) is 8.83. The summed E-state index contributed by atoms with van der Waals surface area (Å²) < 4.78 is 11.8. The van der Waals surface area contributed by atoms with Crippen molar-refractivity contribution in [2.45, 2.75) is 20.0 Å². The number of benzene rings is 3. The number of aryl methyl sites for hydroxylation is 1. The van der Waals surface area contributed by atoms with Crippen molar-refractivity contribution in [1.29, 1.82) is 5.26 Å². The highest BCUT2D eigenvalue weighted by atomic mass is 35.5. The van der Waals surface area contributed by atoms with Gasteiger partial charge in [0.1, 0.15) is 18.5 Å². The van der Waals surface area contributed by atoms with Gasteiger partial charge in [0.2, 0.25) is 0 Å². The van der Waals surface area contributed by atoms with Crippen molar-refractivity contribution >= 4 is 45.9 Å². The molecule has 0 aliphatic rings. The molecule has 4 aromatic rings. The number of allylic oxidation sites excluding steroid dienone is 2. The number of halogens is 2. The van der Waals surface area contributed by atoms with E-state index in [1.54, 1.807) is 31.4 Å². The summed E-state index contributed by atoms with van der Waals surface area (Å²) in [5.41, 5.74) is 5.76. The number of aromatic amines is 1. The predicted octanol–water partition coefficient (Wildman–Crippen LogP) is 7.56. The average molecular weight is 504 g/mol. The van der Waals surface area contributed by atoms with E-state index in [1.165, 1.54) is 0 Å². The smallest absolute Gasteiger partial charge is 0.165 e. The lowest BCUT2D eigenvalue weighted by Crippen LogP contribution is -2.02. The molecule has 5 nitrogen and oxygen atoms in total. The summed E-state index contributed by atoms with van der Waals surface area (Å²) in [4.78, 5) is 7.82. The van der Waals surface area contributed by atoms with Crippen LogP contribution in [0.3, 0.4) is 0 Å². The van der Waals surface area contributed by atoms with Crippen LogP contribution in [-0.2, 0) is 13.0 Å². The summed E-state index contributed by atoms with van der Waals surface area (Å²) >= 11 is 12.2. The minimum absolute atomic E-state index is 0.286. The molecular formula is C28H23Cl2N3O2. The van der Waals surface area contributed by atoms with Crippen molar-refractivity contribution in [2.24, 2.45) is 0 Å². The molecule has 0 spiro atoms. The Kier molecular flexibility index (Phi) is 7.45. The Balaban J connectivity index is 1.69. The minimum Gasteiger partial charge on any atom is -0.493 e. The molecule has 0 aliphatic carbocycles. The zero-order valence-electron chi connectivity index (χ0n) is 19.4. The first-order chi connectivity index (χ1) is 16.9. The van der Waals surface area contributed by atoms with E-state index in [-0.39, 0.29) is 6.61 Å². The van der Waals surface area contributed by atoms with E-state index in [9.17, 15) is 5.26 Å². The van der Waals surface area contributed by atoms with Gasteiger partial charge in [-0.25, -0.2) is 4.98 Å². The molecule has 4 rings (SSSR count). The number of H-pyrrole nitrogens is 1. The van der Waals surface area contributed by atoms with Crippen LogP contribution in [-0.4, -0.2) is 17.1 Å². The quantitative estimate of drug-likeness (QED) is 0.199. The molecule has 0 fully saturated rings. The van der Waals surface area contributed by atoms with Gasteiger partial charge in [0.25, 0.3) is 0 Å². The lowest BCUT2D eigenvalue weighted by molar-refractivity contribution is 0.282. The third kappa shape index (κ3) is 5.51. The van der Waals surface area contributed by atoms with Crippen LogP contribution in [0.2, 0.25) is 10.0 Å². The van der Waals surface area contributed by atoms with Gasteiger partial charge in [-0.2, -0.15) is 5.26 Å². The standard InChI is InChI=1S/C28H23Cl2N3O2/c1-4-5-20-11-19(12-21(15-31)28-32-24-9-6-17(2)10-25(24)33-28)14-26(34-3)27(20)35-16-18-7-8-22(29)23(30)13-18/h4,6-14H,1,5,16H2,2-3H3,(H,32,33)/b21-12-. The minimum atomic E-state index is 0.286. The first-order valence-electron chi connectivity index (χ1n) is 10.9. The number of nitrogens with one attached hydrogen (secondary N) is 1. The molecule has 7 heteroatoms. The van der Waals surface area contributed by atoms with Crippen molar-refractivity contribution in [2.75, 3.05) is 7.11 Å². The highest BCUT2D eigenvalue weighted by Crippen LogP contribution is 2.36. The molecule has 176 valence electrons. The summed E-state index contributed by atoms with van der Waals surface area (Å²) in [5.74, 6) is 1.67. The fraction of sp³-hybridized carbons (Fsp3) is 0.143. The molecule has 0 bridgehead atoms. The van der Waals surface area contributed by atoms with Crippen LogP contribution in [0, 0.1) is 18.3 Å². The lowest BCUT2D eigenvalue weighted by atomic mass is 10.0. The van der Waals surface area contributed by atoms with Crippen LogP contribution >= 0.6 is 23.2 Å². The number of hydrogen-bond donors (Lipinski definition) is 1. The van der Waals surface area contributed by atoms with E-state index in [0.29, 0.717) is 39.4 Å². The molecular weight excluding hydrogens is 481 g/mol. The molecule has 1 N–H and O–H groups in total. The molecule has 0 atom stereocenters. The van der Waals surface area contributed by atoms with Gasteiger partial charge in [0.15, 0.2) is 11.5 Å². The fourth-order valence-corrected chi connectivity index (χ4v) is 4.07. The van der Waals surface area contributed by atoms with Gasteiger partial charge in [0, 0.05) is 5.56 Å². The Labute approximate surface area is 214 Å². The summed E-state index contributed by atoms with van der Waals surface area (Å²) in [5, 5.41) is 10.8. The Morgan fingerprint density at radius 2 is 1.97 bits per heavy atom. The van der Waals surface area contributed by atoms with Gasteiger partial charge < -0.3 is 14.5 Å². The number of imidazole rings is 1. The van der Waals surface area contributed by atoms with Crippen LogP contribution < -0.4 is 9.47 Å². The first kappa shape index (κ1) is 24.4. The molecule has 0 aliphatic heterocycles. The van der Waals surface area contributed by atoms with E-state index in [0.717, 1.165) is 33.3 Å². The fourth-order valence-electron chi connectivity index (χ4n) is 3.75. The van der Waals surface area contributed by atoms with E-state index >= 15 is 0 Å². The lowest BCUT2D eigenvalue weighted by Gasteiger charge is -2.16. The Morgan fingerprint density at radius 3 is 2.69 bits per heavy atom. The van der Waals surface area contributed by atoms with Crippen LogP contribution in [0.5, 0.6) is 11.5 Å². The van der Waals surface area contributed by atoms with Crippen molar-refractivity contribution in [3.8, 4) is 17.6 Å². The van der Waals surface area contributed by atoms with E-state index < -0.39 is 0 Å². The maximum Gasteiger partial charge on any atom is 0.165 e. The van der Waals surface area contributed by atoms with Gasteiger partial charge in [-0.05, 0) is 72.5 Å². The number of hydrogen-bond acceptors (Lipinski definition) is 4. The zero-order chi connectivity index (χ0) is 24.9. The largest absolute Gasteiger partial charge is 0.493 e. The number of fused-ring (bicyclic) bond motifs is 1. The maximum atomic E-state index is 9.86. The molecule has 1 heterocycles. The van der Waals surface area contributed by atoms with Crippen molar-refractivity contribution in [3.63, 3.8) is 0 Å². The average Bonchev–Trinajstić information content (AvgIpc) is 3.26. The van der Waals surface area contributed by atoms with Gasteiger partial charge in [-0.15, -0.1) is 6.58 Å². The van der Waals surface area contributed by atoms with E-state index in [4.69, 9.17) is 32.7 Å². The van der Waals surface area contributed by atoms with Crippen molar-refractivity contribution in [1.82, 2.24) is 9.97 Å². The normalized spacial score (nSPS) is 11.3. The summed E-state index contributed by atoms with van der Waals surface area (Å²) in [6, 6.07) is 17.3. The molecule has 35 heavy (non-hydrogen) atoms. The zero-order valence-corrected chi connectivity index (χ0v) is 20.9. The predicted molar refractivity (Wildman–Crippen MR) is 142 cm³/mol. The highest BCUT2D eigenvalue weighted by Gasteiger charge is 2.15. The van der Waals surface area contributed by atoms with Gasteiger partial charge in [0.05, 0.1) is 33.8 Å². The molecule has 3 aromatic carbocycles. The third-order valence-corrected chi connectivity index (χ3v) is 6.17. The Hall–Kier alpha value is -3.72.